The molecule has 32 heavy (non-hydrogen) atoms. The Labute approximate surface area is 191 Å². The van der Waals surface area contributed by atoms with E-state index in [4.69, 9.17) is 0 Å². The Bertz CT molecular complexity index is 1190. The molecule has 0 radical (unpaired) electrons. The Balaban J connectivity index is 1.91. The van der Waals surface area contributed by atoms with Crippen LogP contribution in [0.25, 0.3) is 0 Å². The normalized spacial score (nSPS) is 12.2. The Morgan fingerprint density at radius 3 is 2.16 bits per heavy atom. The molecule has 0 aliphatic rings. The molecule has 1 unspecified atom stereocenters. The maximum absolute atomic E-state index is 13.5. The summed E-state index contributed by atoms with van der Waals surface area (Å²) in [6, 6.07) is 21.3. The summed E-state index contributed by atoms with van der Waals surface area (Å²) >= 11 is 0. The van der Waals surface area contributed by atoms with Crippen molar-refractivity contribution in [1.29, 1.82) is 0 Å². The van der Waals surface area contributed by atoms with Crippen LogP contribution in [0.3, 0.4) is 0 Å². The Morgan fingerprint density at radius 2 is 1.53 bits per heavy atom. The molecule has 1 atom stereocenters. The molecule has 0 fully saturated rings. The zero-order valence-electron chi connectivity index (χ0n) is 19.0. The molecule has 5 nitrogen and oxygen atoms in total. The lowest BCUT2D eigenvalue weighted by Gasteiger charge is -2.27. The SMILES string of the molecule is CCC(NC(=O)CN(c1ccccc1C)S(=O)(=O)c1ccccc1)c1ccc(C)c(C)c1. The van der Waals surface area contributed by atoms with E-state index in [2.05, 4.69) is 11.4 Å². The first-order valence-corrected chi connectivity index (χ1v) is 12.2. The third-order valence-corrected chi connectivity index (χ3v) is 7.45. The van der Waals surface area contributed by atoms with E-state index in [1.54, 1.807) is 42.5 Å². The number of carbonyl (C=O) groups is 1. The number of carbonyl (C=O) groups excluding carboxylic acids is 1. The van der Waals surface area contributed by atoms with Gasteiger partial charge in [0, 0.05) is 0 Å². The van der Waals surface area contributed by atoms with Crippen molar-refractivity contribution in [3.05, 3.63) is 95.1 Å². The molecule has 1 N–H and O–H groups in total. The summed E-state index contributed by atoms with van der Waals surface area (Å²) in [4.78, 5) is 13.2. The van der Waals surface area contributed by atoms with Gasteiger partial charge in [0.15, 0.2) is 0 Å². The van der Waals surface area contributed by atoms with Gasteiger partial charge in [-0.1, -0.05) is 61.5 Å². The second-order valence-corrected chi connectivity index (χ2v) is 9.85. The maximum atomic E-state index is 13.5. The predicted molar refractivity (Wildman–Crippen MR) is 129 cm³/mol. The molecule has 0 heterocycles. The van der Waals surface area contributed by atoms with E-state index in [1.165, 1.54) is 9.87 Å². The second-order valence-electron chi connectivity index (χ2n) is 7.98. The molecule has 0 bridgehead atoms. The van der Waals surface area contributed by atoms with Crippen LogP contribution in [0.2, 0.25) is 0 Å². The minimum absolute atomic E-state index is 0.150. The first kappa shape index (κ1) is 23.5. The van der Waals surface area contributed by atoms with E-state index in [9.17, 15) is 13.2 Å². The number of aryl methyl sites for hydroxylation is 3. The number of rotatable bonds is 8. The highest BCUT2D eigenvalue weighted by molar-refractivity contribution is 7.92. The van der Waals surface area contributed by atoms with Crippen molar-refractivity contribution in [2.75, 3.05) is 10.8 Å². The summed E-state index contributed by atoms with van der Waals surface area (Å²) in [6.07, 6.45) is 0.698. The van der Waals surface area contributed by atoms with Crippen LogP contribution in [-0.4, -0.2) is 20.9 Å². The molecular weight excluding hydrogens is 420 g/mol. The molecule has 3 aromatic carbocycles. The lowest BCUT2D eigenvalue weighted by molar-refractivity contribution is -0.120. The lowest BCUT2D eigenvalue weighted by atomic mass is 9.99. The largest absolute Gasteiger partial charge is 0.348 e. The van der Waals surface area contributed by atoms with Crippen molar-refractivity contribution in [2.24, 2.45) is 0 Å². The van der Waals surface area contributed by atoms with E-state index in [0.29, 0.717) is 12.1 Å². The number of amides is 1. The van der Waals surface area contributed by atoms with Gasteiger partial charge >= 0.3 is 0 Å². The summed E-state index contributed by atoms with van der Waals surface area (Å²) in [6.45, 7) is 7.63. The van der Waals surface area contributed by atoms with Crippen LogP contribution in [0.5, 0.6) is 0 Å². The van der Waals surface area contributed by atoms with Crippen LogP contribution < -0.4 is 9.62 Å². The Kier molecular flexibility index (Phi) is 7.36. The molecule has 0 aromatic heterocycles. The van der Waals surface area contributed by atoms with Gasteiger partial charge in [0.2, 0.25) is 5.91 Å². The molecule has 0 aliphatic heterocycles. The molecule has 1 amide bonds. The highest BCUT2D eigenvalue weighted by Gasteiger charge is 2.28. The van der Waals surface area contributed by atoms with Gasteiger partial charge in [-0.25, -0.2) is 8.42 Å². The van der Waals surface area contributed by atoms with Gasteiger partial charge in [0.25, 0.3) is 10.0 Å². The smallest absolute Gasteiger partial charge is 0.264 e. The van der Waals surface area contributed by atoms with Crippen LogP contribution >= 0.6 is 0 Å². The van der Waals surface area contributed by atoms with E-state index in [-0.39, 0.29) is 23.4 Å². The highest BCUT2D eigenvalue weighted by atomic mass is 32.2. The Hall–Kier alpha value is -3.12. The quantitative estimate of drug-likeness (QED) is 0.521. The number of nitrogens with zero attached hydrogens (tertiary/aromatic N) is 1. The van der Waals surface area contributed by atoms with Gasteiger partial charge in [-0.2, -0.15) is 0 Å². The standard InChI is InChI=1S/C26H30N2O3S/c1-5-24(22-16-15-19(2)21(4)17-22)27-26(29)18-28(25-14-10-9-11-20(25)3)32(30,31)23-12-7-6-8-13-23/h6-17,24H,5,18H2,1-4H3,(H,27,29). The van der Waals surface area contributed by atoms with Crippen LogP contribution in [0.1, 0.15) is 41.6 Å². The summed E-state index contributed by atoms with van der Waals surface area (Å²) in [5, 5.41) is 3.03. The zero-order chi connectivity index (χ0) is 23.3. The van der Waals surface area contributed by atoms with E-state index in [1.807, 2.05) is 52.0 Å². The molecule has 0 saturated heterocycles. The molecule has 0 aliphatic carbocycles. The minimum Gasteiger partial charge on any atom is -0.348 e. The number of benzene rings is 3. The molecule has 3 rings (SSSR count). The molecule has 0 spiro atoms. The molecular formula is C26H30N2O3S. The van der Waals surface area contributed by atoms with Gasteiger partial charge < -0.3 is 5.32 Å². The number of hydrogen-bond acceptors (Lipinski definition) is 3. The first-order valence-electron chi connectivity index (χ1n) is 10.7. The van der Waals surface area contributed by atoms with Crippen LogP contribution in [0.4, 0.5) is 5.69 Å². The third-order valence-electron chi connectivity index (χ3n) is 5.68. The summed E-state index contributed by atoms with van der Waals surface area (Å²) in [5.41, 5.74) is 4.63. The van der Waals surface area contributed by atoms with Crippen molar-refractivity contribution in [2.45, 2.75) is 45.1 Å². The van der Waals surface area contributed by atoms with Crippen molar-refractivity contribution >= 4 is 21.6 Å². The average molecular weight is 451 g/mol. The fourth-order valence-corrected chi connectivity index (χ4v) is 5.14. The summed E-state index contributed by atoms with van der Waals surface area (Å²) < 4.78 is 28.1. The number of sulfonamides is 1. The van der Waals surface area contributed by atoms with Gasteiger partial charge in [-0.3, -0.25) is 9.10 Å². The van der Waals surface area contributed by atoms with Crippen molar-refractivity contribution in [1.82, 2.24) is 5.32 Å². The maximum Gasteiger partial charge on any atom is 0.264 e. The monoisotopic (exact) mass is 450 g/mol. The van der Waals surface area contributed by atoms with Crippen molar-refractivity contribution < 1.29 is 13.2 Å². The Morgan fingerprint density at radius 1 is 0.875 bits per heavy atom. The van der Waals surface area contributed by atoms with Crippen LogP contribution in [0.15, 0.2) is 77.7 Å². The van der Waals surface area contributed by atoms with Crippen molar-refractivity contribution in [3.63, 3.8) is 0 Å². The summed E-state index contributed by atoms with van der Waals surface area (Å²) in [5.74, 6) is -0.349. The van der Waals surface area contributed by atoms with Gasteiger partial charge in [-0.15, -0.1) is 0 Å². The fourth-order valence-electron chi connectivity index (χ4n) is 3.64. The topological polar surface area (TPSA) is 66.5 Å². The van der Waals surface area contributed by atoms with Crippen molar-refractivity contribution in [3.8, 4) is 0 Å². The van der Waals surface area contributed by atoms with E-state index >= 15 is 0 Å². The molecule has 3 aromatic rings. The number of hydrogen-bond donors (Lipinski definition) is 1. The fraction of sp³-hybridized carbons (Fsp3) is 0.269. The molecule has 168 valence electrons. The molecule has 0 saturated carbocycles. The van der Waals surface area contributed by atoms with Crippen LogP contribution in [0, 0.1) is 20.8 Å². The highest BCUT2D eigenvalue weighted by Crippen LogP contribution is 2.27. The van der Waals surface area contributed by atoms with Crippen LogP contribution in [-0.2, 0) is 14.8 Å². The third kappa shape index (κ3) is 5.19. The number of nitrogens with one attached hydrogen (secondary N) is 1. The lowest BCUT2D eigenvalue weighted by Crippen LogP contribution is -2.42. The molecule has 6 heteroatoms. The van der Waals surface area contributed by atoms with E-state index < -0.39 is 10.0 Å². The second kappa shape index (κ2) is 10.0. The van der Waals surface area contributed by atoms with E-state index in [0.717, 1.165) is 16.7 Å². The zero-order valence-corrected chi connectivity index (χ0v) is 19.8. The van der Waals surface area contributed by atoms with Gasteiger partial charge in [-0.05, 0) is 67.6 Å². The van der Waals surface area contributed by atoms with Gasteiger partial charge in [0.1, 0.15) is 6.54 Å². The minimum atomic E-state index is -3.92. The van der Waals surface area contributed by atoms with Gasteiger partial charge in [0.05, 0.1) is 16.6 Å². The average Bonchev–Trinajstić information content (AvgIpc) is 2.79. The number of para-hydroxylation sites is 1. The first-order chi connectivity index (χ1) is 15.2. The summed E-state index contributed by atoms with van der Waals surface area (Å²) in [7, 11) is -3.92. The predicted octanol–water partition coefficient (Wildman–Crippen LogP) is 5.07. The number of anilines is 1.